The monoisotopic (exact) mass is 326 g/mol. The van der Waals surface area contributed by atoms with E-state index in [0.29, 0.717) is 6.54 Å². The molecule has 1 atom stereocenters. The molecule has 2 aromatic heterocycles. The second kappa shape index (κ2) is 5.79. The van der Waals surface area contributed by atoms with Crippen molar-refractivity contribution in [2.75, 3.05) is 18.5 Å². The molecular weight excluding hydrogens is 308 g/mol. The first-order valence-corrected chi connectivity index (χ1v) is 8.58. The molecule has 3 heterocycles. The molecule has 118 valence electrons. The van der Waals surface area contributed by atoms with E-state index in [2.05, 4.69) is 9.88 Å². The van der Waals surface area contributed by atoms with Crippen LogP contribution in [-0.2, 0) is 11.3 Å². The molecule has 0 radical (unpaired) electrons. The minimum Gasteiger partial charge on any atom is -0.311 e. The van der Waals surface area contributed by atoms with Gasteiger partial charge >= 0.3 is 0 Å². The Balaban J connectivity index is 1.47. The molecule has 1 amide bonds. The van der Waals surface area contributed by atoms with E-state index in [1.807, 2.05) is 64.5 Å². The molecule has 0 bridgehead atoms. The van der Waals surface area contributed by atoms with Crippen LogP contribution >= 0.6 is 11.3 Å². The number of para-hydroxylation sites is 1. The summed E-state index contributed by atoms with van der Waals surface area (Å²) in [5.74, 6) is 0.180. The summed E-state index contributed by atoms with van der Waals surface area (Å²) in [6.07, 6.45) is 4.90. The van der Waals surface area contributed by atoms with Crippen LogP contribution in [0.25, 0.3) is 4.96 Å². The summed E-state index contributed by atoms with van der Waals surface area (Å²) in [5, 5.41) is 2.02. The summed E-state index contributed by atoms with van der Waals surface area (Å²) in [6, 6.07) is 9.82. The Morgan fingerprint density at radius 1 is 1.35 bits per heavy atom. The third-order valence-electron chi connectivity index (χ3n) is 4.33. The van der Waals surface area contributed by atoms with E-state index in [1.54, 1.807) is 11.3 Å². The maximum absolute atomic E-state index is 12.7. The molecule has 3 aromatic rings. The molecule has 0 saturated carbocycles. The van der Waals surface area contributed by atoms with Gasteiger partial charge in [-0.3, -0.25) is 14.1 Å². The van der Waals surface area contributed by atoms with E-state index in [1.165, 1.54) is 0 Å². The predicted molar refractivity (Wildman–Crippen MR) is 91.7 cm³/mol. The van der Waals surface area contributed by atoms with E-state index in [0.717, 1.165) is 29.3 Å². The van der Waals surface area contributed by atoms with Crippen molar-refractivity contribution in [3.63, 3.8) is 0 Å². The zero-order chi connectivity index (χ0) is 15.8. The van der Waals surface area contributed by atoms with E-state index in [9.17, 15) is 4.79 Å². The Labute approximate surface area is 138 Å². The largest absolute Gasteiger partial charge is 0.311 e. The number of aromatic nitrogens is 2. The lowest BCUT2D eigenvalue weighted by molar-refractivity contribution is -0.121. The van der Waals surface area contributed by atoms with Gasteiger partial charge in [-0.2, -0.15) is 0 Å². The van der Waals surface area contributed by atoms with Crippen molar-refractivity contribution in [3.8, 4) is 0 Å². The standard InChI is InChI=1S/C17H18N4OS/c1-19(11-13-12-20-9-10-23-17(20)18-13)15-7-8-21(16(15)22)14-5-3-2-4-6-14/h2-6,9-10,12,15H,7-8,11H2,1H3/t15-/m0/s1. The average molecular weight is 326 g/mol. The number of hydrogen-bond donors (Lipinski definition) is 0. The number of anilines is 1. The quantitative estimate of drug-likeness (QED) is 0.740. The fraction of sp³-hybridized carbons (Fsp3) is 0.294. The molecule has 0 unspecified atom stereocenters. The van der Waals surface area contributed by atoms with Crippen LogP contribution in [-0.4, -0.2) is 39.8 Å². The first-order chi connectivity index (χ1) is 11.2. The Bertz CT molecular complexity index is 797. The van der Waals surface area contributed by atoms with Crippen LogP contribution in [0.2, 0.25) is 0 Å². The lowest BCUT2D eigenvalue weighted by Crippen LogP contribution is -2.39. The number of hydrogen-bond acceptors (Lipinski definition) is 4. The van der Waals surface area contributed by atoms with Crippen molar-refractivity contribution in [2.24, 2.45) is 0 Å². The summed E-state index contributed by atoms with van der Waals surface area (Å²) in [5.41, 5.74) is 1.99. The maximum Gasteiger partial charge on any atom is 0.244 e. The maximum atomic E-state index is 12.7. The van der Waals surface area contributed by atoms with Crippen LogP contribution in [0.3, 0.4) is 0 Å². The Hall–Kier alpha value is -2.18. The number of carbonyl (C=O) groups is 1. The van der Waals surface area contributed by atoms with Crippen molar-refractivity contribution < 1.29 is 4.79 Å². The van der Waals surface area contributed by atoms with E-state index in [-0.39, 0.29) is 11.9 Å². The first-order valence-electron chi connectivity index (χ1n) is 7.70. The van der Waals surface area contributed by atoms with Gasteiger partial charge in [-0.15, -0.1) is 11.3 Å². The number of benzene rings is 1. The lowest BCUT2D eigenvalue weighted by atomic mass is 10.2. The Kier molecular flexibility index (Phi) is 3.63. The van der Waals surface area contributed by atoms with Gasteiger partial charge in [0.15, 0.2) is 4.96 Å². The van der Waals surface area contributed by atoms with Gasteiger partial charge < -0.3 is 4.90 Å². The fourth-order valence-corrected chi connectivity index (χ4v) is 3.88. The van der Waals surface area contributed by atoms with Gasteiger partial charge in [0, 0.05) is 36.6 Å². The van der Waals surface area contributed by atoms with Crippen molar-refractivity contribution in [2.45, 2.75) is 19.0 Å². The molecule has 1 aliphatic heterocycles. The molecule has 23 heavy (non-hydrogen) atoms. The highest BCUT2D eigenvalue weighted by Gasteiger charge is 2.35. The summed E-state index contributed by atoms with van der Waals surface area (Å²) < 4.78 is 2.03. The van der Waals surface area contributed by atoms with E-state index in [4.69, 9.17) is 0 Å². The Morgan fingerprint density at radius 3 is 2.96 bits per heavy atom. The minimum atomic E-state index is -0.0741. The molecule has 0 spiro atoms. The Morgan fingerprint density at radius 2 is 2.17 bits per heavy atom. The number of likely N-dealkylation sites (N-methyl/N-ethyl adjacent to an activating group) is 1. The molecule has 1 aliphatic rings. The van der Waals surface area contributed by atoms with Crippen molar-refractivity contribution in [3.05, 3.63) is 53.8 Å². The minimum absolute atomic E-state index is 0.0741. The number of thiazole rings is 1. The summed E-state index contributed by atoms with van der Waals surface area (Å²) in [6.45, 7) is 1.46. The van der Waals surface area contributed by atoms with Crippen LogP contribution in [0, 0.1) is 0 Å². The molecule has 0 aliphatic carbocycles. The molecular formula is C17H18N4OS. The van der Waals surface area contributed by atoms with E-state index < -0.39 is 0 Å². The van der Waals surface area contributed by atoms with Gasteiger partial charge in [0.25, 0.3) is 0 Å². The highest BCUT2D eigenvalue weighted by atomic mass is 32.1. The van der Waals surface area contributed by atoms with Crippen molar-refractivity contribution in [1.82, 2.24) is 14.3 Å². The molecule has 5 nitrogen and oxygen atoms in total. The van der Waals surface area contributed by atoms with Gasteiger partial charge in [0.05, 0.1) is 11.7 Å². The number of rotatable bonds is 4. The van der Waals surface area contributed by atoms with Crippen LogP contribution in [0.1, 0.15) is 12.1 Å². The summed E-state index contributed by atoms with van der Waals surface area (Å²) >= 11 is 1.62. The molecule has 1 aromatic carbocycles. The molecule has 0 N–H and O–H groups in total. The molecule has 1 saturated heterocycles. The molecule has 4 rings (SSSR count). The predicted octanol–water partition coefficient (Wildman–Crippen LogP) is 2.63. The lowest BCUT2D eigenvalue weighted by Gasteiger charge is -2.23. The first kappa shape index (κ1) is 14.4. The third kappa shape index (κ3) is 2.64. The zero-order valence-electron chi connectivity index (χ0n) is 12.9. The van der Waals surface area contributed by atoms with Gasteiger partial charge in [-0.05, 0) is 25.6 Å². The summed E-state index contributed by atoms with van der Waals surface area (Å²) in [4.78, 5) is 22.3. The van der Waals surface area contributed by atoms with Crippen LogP contribution in [0.15, 0.2) is 48.1 Å². The second-order valence-electron chi connectivity index (χ2n) is 5.87. The van der Waals surface area contributed by atoms with Gasteiger partial charge in [-0.25, -0.2) is 4.98 Å². The van der Waals surface area contributed by atoms with Gasteiger partial charge in [0.1, 0.15) is 0 Å². The van der Waals surface area contributed by atoms with Crippen molar-refractivity contribution >= 4 is 27.9 Å². The highest BCUT2D eigenvalue weighted by molar-refractivity contribution is 7.15. The highest BCUT2D eigenvalue weighted by Crippen LogP contribution is 2.24. The average Bonchev–Trinajstić information content (AvgIpc) is 3.22. The van der Waals surface area contributed by atoms with Crippen molar-refractivity contribution in [1.29, 1.82) is 0 Å². The number of amides is 1. The van der Waals surface area contributed by atoms with Crippen LogP contribution in [0.4, 0.5) is 5.69 Å². The van der Waals surface area contributed by atoms with E-state index >= 15 is 0 Å². The van der Waals surface area contributed by atoms with Crippen LogP contribution in [0.5, 0.6) is 0 Å². The summed E-state index contributed by atoms with van der Waals surface area (Å²) in [7, 11) is 2.00. The molecule has 6 heteroatoms. The zero-order valence-corrected chi connectivity index (χ0v) is 13.7. The molecule has 1 fully saturated rings. The number of imidazole rings is 1. The number of carbonyl (C=O) groups excluding carboxylic acids is 1. The second-order valence-corrected chi connectivity index (χ2v) is 6.74. The smallest absolute Gasteiger partial charge is 0.244 e. The number of fused-ring (bicyclic) bond motifs is 1. The van der Waals surface area contributed by atoms with Crippen LogP contribution < -0.4 is 4.90 Å². The fourth-order valence-electron chi connectivity index (χ4n) is 3.16. The van der Waals surface area contributed by atoms with Gasteiger partial charge in [0.2, 0.25) is 5.91 Å². The normalized spacial score (nSPS) is 18.4. The SMILES string of the molecule is CN(Cc1cn2ccsc2n1)[C@H]1CCN(c2ccccc2)C1=O. The van der Waals surface area contributed by atoms with Gasteiger partial charge in [-0.1, -0.05) is 18.2 Å². The topological polar surface area (TPSA) is 40.9 Å². The number of nitrogens with zero attached hydrogens (tertiary/aromatic N) is 4. The third-order valence-corrected chi connectivity index (χ3v) is 5.10.